The van der Waals surface area contributed by atoms with Gasteiger partial charge in [-0.05, 0) is 26.3 Å². The third kappa shape index (κ3) is 4.05. The zero-order valence-electron chi connectivity index (χ0n) is 12.6. The maximum atomic E-state index is 11.9. The highest BCUT2D eigenvalue weighted by molar-refractivity contribution is 5.74. The Balaban J connectivity index is 1.87. The van der Waals surface area contributed by atoms with Gasteiger partial charge in [0.15, 0.2) is 0 Å². The molecule has 0 aliphatic carbocycles. The van der Waals surface area contributed by atoms with Crippen molar-refractivity contribution in [3.63, 3.8) is 0 Å². The largest absolute Gasteiger partial charge is 0.332 e. The zero-order chi connectivity index (χ0) is 15.2. The number of carbonyl (C=O) groups excluding carboxylic acids is 1. The smallest absolute Gasteiger partial charge is 0.315 e. The van der Waals surface area contributed by atoms with Gasteiger partial charge in [-0.25, -0.2) is 9.48 Å². The Morgan fingerprint density at radius 3 is 2.95 bits per heavy atom. The van der Waals surface area contributed by atoms with E-state index in [4.69, 9.17) is 0 Å². The molecule has 1 atom stereocenters. The number of nitrogens with zero attached hydrogens (tertiary/aromatic N) is 3. The molecule has 0 fully saturated rings. The summed E-state index contributed by atoms with van der Waals surface area (Å²) in [6.45, 7) is 7.13. The molecule has 2 aromatic rings. The standard InChI is InChI=1S/C15H21N5O/c1-4-20-14(10-17-19-20)9-16-15(21)18-12(3)13-7-5-6-11(2)8-13/h5-8,10,12H,4,9H2,1-3H3,(H2,16,18,21). The van der Waals surface area contributed by atoms with Crippen LogP contribution in [0.25, 0.3) is 0 Å². The second-order valence-corrected chi connectivity index (χ2v) is 5.00. The van der Waals surface area contributed by atoms with Crippen molar-refractivity contribution >= 4 is 6.03 Å². The Labute approximate surface area is 124 Å². The number of urea groups is 1. The topological polar surface area (TPSA) is 71.8 Å². The first kappa shape index (κ1) is 15.0. The van der Waals surface area contributed by atoms with Crippen molar-refractivity contribution in [2.75, 3.05) is 0 Å². The second kappa shape index (κ2) is 6.88. The van der Waals surface area contributed by atoms with Crippen LogP contribution in [-0.2, 0) is 13.1 Å². The van der Waals surface area contributed by atoms with Gasteiger partial charge in [-0.3, -0.25) is 0 Å². The molecule has 6 heteroatoms. The van der Waals surface area contributed by atoms with Gasteiger partial charge in [0.05, 0.1) is 24.5 Å². The number of rotatable bonds is 5. The average Bonchev–Trinajstić information content (AvgIpc) is 2.92. The van der Waals surface area contributed by atoms with Gasteiger partial charge in [0.1, 0.15) is 0 Å². The molecule has 1 aromatic carbocycles. The minimum atomic E-state index is -0.201. The number of amides is 2. The number of carbonyl (C=O) groups is 1. The Hall–Kier alpha value is -2.37. The molecule has 1 aromatic heterocycles. The minimum Gasteiger partial charge on any atom is -0.332 e. The highest BCUT2D eigenvalue weighted by Gasteiger charge is 2.10. The molecular formula is C15H21N5O. The maximum Gasteiger partial charge on any atom is 0.315 e. The quantitative estimate of drug-likeness (QED) is 0.885. The van der Waals surface area contributed by atoms with Crippen LogP contribution in [0.5, 0.6) is 0 Å². The summed E-state index contributed by atoms with van der Waals surface area (Å²) >= 11 is 0. The van der Waals surface area contributed by atoms with Crippen LogP contribution in [0.1, 0.15) is 36.7 Å². The van der Waals surface area contributed by atoms with Crippen molar-refractivity contribution in [2.45, 2.75) is 39.9 Å². The Kier molecular flexibility index (Phi) is 4.92. The van der Waals surface area contributed by atoms with Gasteiger partial charge in [0.2, 0.25) is 0 Å². The lowest BCUT2D eigenvalue weighted by atomic mass is 10.1. The number of benzene rings is 1. The molecular weight excluding hydrogens is 266 g/mol. The van der Waals surface area contributed by atoms with Crippen molar-refractivity contribution < 1.29 is 4.79 Å². The number of aryl methyl sites for hydroxylation is 2. The number of hydrogen-bond donors (Lipinski definition) is 2. The Morgan fingerprint density at radius 2 is 2.24 bits per heavy atom. The molecule has 2 N–H and O–H groups in total. The zero-order valence-corrected chi connectivity index (χ0v) is 12.6. The van der Waals surface area contributed by atoms with Crippen LogP contribution >= 0.6 is 0 Å². The number of hydrogen-bond acceptors (Lipinski definition) is 3. The molecule has 21 heavy (non-hydrogen) atoms. The van der Waals surface area contributed by atoms with Crippen molar-refractivity contribution in [3.05, 3.63) is 47.3 Å². The molecule has 1 heterocycles. The molecule has 1 unspecified atom stereocenters. The van der Waals surface area contributed by atoms with Crippen LogP contribution in [0.2, 0.25) is 0 Å². The van der Waals surface area contributed by atoms with Crippen LogP contribution in [0.15, 0.2) is 30.5 Å². The van der Waals surface area contributed by atoms with E-state index in [9.17, 15) is 4.79 Å². The van der Waals surface area contributed by atoms with Crippen molar-refractivity contribution in [2.24, 2.45) is 0 Å². The normalized spacial score (nSPS) is 12.0. The summed E-state index contributed by atoms with van der Waals surface area (Å²) in [5, 5.41) is 13.5. The first-order chi connectivity index (χ1) is 10.1. The summed E-state index contributed by atoms with van der Waals surface area (Å²) in [4.78, 5) is 11.9. The molecule has 0 bridgehead atoms. The summed E-state index contributed by atoms with van der Waals surface area (Å²) in [6, 6.07) is 7.86. The predicted molar refractivity (Wildman–Crippen MR) is 80.7 cm³/mol. The highest BCUT2D eigenvalue weighted by atomic mass is 16.2. The SMILES string of the molecule is CCn1nncc1CNC(=O)NC(C)c1cccc(C)c1. The summed E-state index contributed by atoms with van der Waals surface area (Å²) in [5.41, 5.74) is 3.15. The first-order valence-electron chi connectivity index (χ1n) is 7.08. The monoisotopic (exact) mass is 287 g/mol. The van der Waals surface area contributed by atoms with Crippen LogP contribution in [-0.4, -0.2) is 21.0 Å². The lowest BCUT2D eigenvalue weighted by molar-refractivity contribution is 0.237. The Morgan fingerprint density at radius 1 is 1.43 bits per heavy atom. The molecule has 0 aliphatic rings. The van der Waals surface area contributed by atoms with E-state index in [-0.39, 0.29) is 12.1 Å². The second-order valence-electron chi connectivity index (χ2n) is 5.00. The molecule has 2 amide bonds. The fourth-order valence-corrected chi connectivity index (χ4v) is 2.12. The summed E-state index contributed by atoms with van der Waals surface area (Å²) < 4.78 is 1.75. The molecule has 0 saturated carbocycles. The van der Waals surface area contributed by atoms with Gasteiger partial charge in [-0.2, -0.15) is 0 Å². The predicted octanol–water partition coefficient (Wildman–Crippen LogP) is 2.17. The molecule has 0 saturated heterocycles. The fourth-order valence-electron chi connectivity index (χ4n) is 2.12. The van der Waals surface area contributed by atoms with Gasteiger partial charge in [-0.15, -0.1) is 5.10 Å². The minimum absolute atomic E-state index is 0.0425. The van der Waals surface area contributed by atoms with Gasteiger partial charge >= 0.3 is 6.03 Å². The number of nitrogens with one attached hydrogen (secondary N) is 2. The molecule has 2 rings (SSSR count). The third-order valence-corrected chi connectivity index (χ3v) is 3.32. The van der Waals surface area contributed by atoms with Crippen LogP contribution < -0.4 is 10.6 Å². The van der Waals surface area contributed by atoms with Crippen LogP contribution in [0.3, 0.4) is 0 Å². The molecule has 6 nitrogen and oxygen atoms in total. The molecule has 0 radical (unpaired) electrons. The van der Waals surface area contributed by atoms with Crippen LogP contribution in [0.4, 0.5) is 4.79 Å². The summed E-state index contributed by atoms with van der Waals surface area (Å²) in [7, 11) is 0. The van der Waals surface area contributed by atoms with Crippen molar-refractivity contribution in [1.82, 2.24) is 25.6 Å². The fraction of sp³-hybridized carbons (Fsp3) is 0.400. The molecule has 112 valence electrons. The van der Waals surface area contributed by atoms with Gasteiger partial charge in [0.25, 0.3) is 0 Å². The van der Waals surface area contributed by atoms with Crippen molar-refractivity contribution in [1.29, 1.82) is 0 Å². The van der Waals surface area contributed by atoms with E-state index in [0.29, 0.717) is 6.54 Å². The lowest BCUT2D eigenvalue weighted by Gasteiger charge is -2.15. The van der Waals surface area contributed by atoms with E-state index in [1.54, 1.807) is 10.9 Å². The van der Waals surface area contributed by atoms with Gasteiger partial charge in [-0.1, -0.05) is 35.0 Å². The Bertz CT molecular complexity index is 608. The van der Waals surface area contributed by atoms with E-state index < -0.39 is 0 Å². The summed E-state index contributed by atoms with van der Waals surface area (Å²) in [6.07, 6.45) is 1.66. The van der Waals surface area contributed by atoms with E-state index in [0.717, 1.165) is 17.8 Å². The van der Waals surface area contributed by atoms with Crippen molar-refractivity contribution in [3.8, 4) is 0 Å². The van der Waals surface area contributed by atoms with Gasteiger partial charge in [0, 0.05) is 6.54 Å². The van der Waals surface area contributed by atoms with E-state index in [1.165, 1.54) is 5.56 Å². The maximum absolute atomic E-state index is 11.9. The van der Waals surface area contributed by atoms with E-state index in [2.05, 4.69) is 27.0 Å². The lowest BCUT2D eigenvalue weighted by Crippen LogP contribution is -2.37. The third-order valence-electron chi connectivity index (χ3n) is 3.32. The molecule has 0 aliphatic heterocycles. The van der Waals surface area contributed by atoms with Crippen LogP contribution in [0, 0.1) is 6.92 Å². The first-order valence-corrected chi connectivity index (χ1v) is 7.08. The van der Waals surface area contributed by atoms with E-state index in [1.807, 2.05) is 39.0 Å². The highest BCUT2D eigenvalue weighted by Crippen LogP contribution is 2.13. The van der Waals surface area contributed by atoms with Gasteiger partial charge < -0.3 is 10.6 Å². The number of aromatic nitrogens is 3. The average molecular weight is 287 g/mol. The molecule has 0 spiro atoms. The summed E-state index contributed by atoms with van der Waals surface area (Å²) in [5.74, 6) is 0. The van der Waals surface area contributed by atoms with E-state index >= 15 is 0 Å².